The fourth-order valence-corrected chi connectivity index (χ4v) is 4.69. The lowest BCUT2D eigenvalue weighted by Gasteiger charge is -2.24. The Kier molecular flexibility index (Phi) is 4.29. The second-order valence-corrected chi connectivity index (χ2v) is 8.34. The molecule has 4 rings (SSSR count). The van der Waals surface area contributed by atoms with Gasteiger partial charge in [0, 0.05) is 19.6 Å². The Bertz CT molecular complexity index is 946. The van der Waals surface area contributed by atoms with E-state index in [0.29, 0.717) is 31.2 Å². The zero-order valence-corrected chi connectivity index (χ0v) is 14.7. The number of carbonyl (C=O) groups is 1. The highest BCUT2D eigenvalue weighted by Gasteiger charge is 2.33. The van der Waals surface area contributed by atoms with Crippen LogP contribution in [-0.4, -0.2) is 48.5 Å². The van der Waals surface area contributed by atoms with Gasteiger partial charge in [0.25, 0.3) is 0 Å². The van der Waals surface area contributed by atoms with Crippen LogP contribution in [0.5, 0.6) is 0 Å². The van der Waals surface area contributed by atoms with Crippen LogP contribution < -0.4 is 0 Å². The van der Waals surface area contributed by atoms with Crippen molar-refractivity contribution in [3.05, 3.63) is 47.2 Å². The third-order valence-corrected chi connectivity index (χ3v) is 6.55. The number of nitrogens with zero attached hydrogens (tertiary/aromatic N) is 2. The first-order valence-corrected chi connectivity index (χ1v) is 9.79. The van der Waals surface area contributed by atoms with E-state index in [4.69, 9.17) is 14.3 Å². The number of hydrogen-bond acceptors (Lipinski definition) is 6. The number of ether oxygens (including phenoxy) is 1. The summed E-state index contributed by atoms with van der Waals surface area (Å²) in [7, 11) is -3.81. The minimum absolute atomic E-state index is 0.0336. The van der Waals surface area contributed by atoms with Gasteiger partial charge in [-0.3, -0.25) is 0 Å². The highest BCUT2D eigenvalue weighted by Crippen LogP contribution is 2.30. The van der Waals surface area contributed by atoms with E-state index in [1.54, 1.807) is 0 Å². The highest BCUT2D eigenvalue weighted by atomic mass is 32.2. The second kappa shape index (κ2) is 6.49. The summed E-state index contributed by atoms with van der Waals surface area (Å²) >= 11 is 0. The van der Waals surface area contributed by atoms with Crippen molar-refractivity contribution in [3.8, 4) is 0 Å². The number of carboxylic acid groups (broad SMARTS) is 1. The predicted octanol–water partition coefficient (Wildman–Crippen LogP) is 1.62. The molecule has 3 heterocycles. The summed E-state index contributed by atoms with van der Waals surface area (Å²) in [6.07, 6.45) is 1.29. The van der Waals surface area contributed by atoms with E-state index in [1.807, 2.05) is 0 Å². The molecule has 0 bridgehead atoms. The van der Waals surface area contributed by atoms with Crippen molar-refractivity contribution >= 4 is 16.0 Å². The zero-order chi connectivity index (χ0) is 18.3. The number of benzene rings is 1. The van der Waals surface area contributed by atoms with Gasteiger partial charge in [0.2, 0.25) is 10.0 Å². The van der Waals surface area contributed by atoms with Crippen LogP contribution in [-0.2, 0) is 27.7 Å². The fraction of sp³-hybridized carbons (Fsp3) is 0.412. The molecule has 1 atom stereocenters. The van der Waals surface area contributed by atoms with Crippen LogP contribution in [0.1, 0.15) is 40.0 Å². The molecule has 26 heavy (non-hydrogen) atoms. The standard InChI is InChI=1S/C17H18N2O6S/c20-17(21)11-2-1-3-13(8-11)26(22,23)19-6-4-15-14(9-19)18-16(25-15)12-5-7-24-10-12/h1-3,8,12H,4-7,9-10H2,(H,20,21). The number of oxazole rings is 1. The molecular formula is C17H18N2O6S. The lowest BCUT2D eigenvalue weighted by atomic mass is 10.1. The SMILES string of the molecule is O=C(O)c1cccc(S(=O)(=O)N2CCc3oc(C4CCOC4)nc3C2)c1. The summed E-state index contributed by atoms with van der Waals surface area (Å²) in [6, 6.07) is 5.38. The monoisotopic (exact) mass is 378 g/mol. The number of fused-ring (bicyclic) bond motifs is 1. The Morgan fingerprint density at radius 1 is 1.35 bits per heavy atom. The van der Waals surface area contributed by atoms with Gasteiger partial charge in [-0.15, -0.1) is 0 Å². The molecule has 0 radical (unpaired) electrons. The summed E-state index contributed by atoms with van der Waals surface area (Å²) in [5.41, 5.74) is 0.560. The van der Waals surface area contributed by atoms with Gasteiger partial charge in [-0.05, 0) is 24.6 Å². The summed E-state index contributed by atoms with van der Waals surface area (Å²) < 4.78 is 38.3. The lowest BCUT2D eigenvalue weighted by Crippen LogP contribution is -2.35. The molecule has 1 fully saturated rings. The Hall–Kier alpha value is -2.23. The van der Waals surface area contributed by atoms with Gasteiger partial charge in [0.05, 0.1) is 35.2 Å². The molecule has 1 N–H and O–H groups in total. The van der Waals surface area contributed by atoms with E-state index < -0.39 is 16.0 Å². The smallest absolute Gasteiger partial charge is 0.335 e. The molecule has 2 aliphatic rings. The van der Waals surface area contributed by atoms with Crippen molar-refractivity contribution in [2.75, 3.05) is 19.8 Å². The van der Waals surface area contributed by atoms with Crippen LogP contribution in [0.4, 0.5) is 0 Å². The Morgan fingerprint density at radius 3 is 2.92 bits per heavy atom. The molecule has 0 aliphatic carbocycles. The summed E-state index contributed by atoms with van der Waals surface area (Å²) in [4.78, 5) is 15.6. The molecule has 1 unspecified atom stereocenters. The predicted molar refractivity (Wildman–Crippen MR) is 89.4 cm³/mol. The average molecular weight is 378 g/mol. The Morgan fingerprint density at radius 2 is 2.19 bits per heavy atom. The van der Waals surface area contributed by atoms with Gasteiger partial charge in [0.1, 0.15) is 5.76 Å². The van der Waals surface area contributed by atoms with Crippen LogP contribution in [0.3, 0.4) is 0 Å². The fourth-order valence-electron chi connectivity index (χ4n) is 3.24. The van der Waals surface area contributed by atoms with Crippen LogP contribution in [0.2, 0.25) is 0 Å². The molecule has 1 aromatic carbocycles. The Labute approximate surface area is 150 Å². The normalized spacial score (nSPS) is 20.8. The third-order valence-electron chi connectivity index (χ3n) is 4.71. The molecule has 138 valence electrons. The maximum Gasteiger partial charge on any atom is 0.335 e. The molecule has 0 saturated carbocycles. The number of aromatic nitrogens is 1. The van der Waals surface area contributed by atoms with Gasteiger partial charge in [-0.1, -0.05) is 6.07 Å². The first-order valence-electron chi connectivity index (χ1n) is 8.35. The number of rotatable bonds is 4. The highest BCUT2D eigenvalue weighted by molar-refractivity contribution is 7.89. The minimum Gasteiger partial charge on any atom is -0.478 e. The molecule has 9 heteroatoms. The minimum atomic E-state index is -3.81. The average Bonchev–Trinajstić information content (AvgIpc) is 3.30. The van der Waals surface area contributed by atoms with Crippen LogP contribution in [0, 0.1) is 0 Å². The number of carboxylic acids is 1. The molecule has 1 saturated heterocycles. The van der Waals surface area contributed by atoms with E-state index in [1.165, 1.54) is 28.6 Å². The van der Waals surface area contributed by atoms with Crippen molar-refractivity contribution in [3.63, 3.8) is 0 Å². The lowest BCUT2D eigenvalue weighted by molar-refractivity contribution is 0.0696. The largest absolute Gasteiger partial charge is 0.478 e. The van der Waals surface area contributed by atoms with Crippen molar-refractivity contribution in [1.82, 2.24) is 9.29 Å². The van der Waals surface area contributed by atoms with Crippen molar-refractivity contribution in [1.29, 1.82) is 0 Å². The number of hydrogen-bond donors (Lipinski definition) is 1. The summed E-state index contributed by atoms with van der Waals surface area (Å²) in [6.45, 7) is 1.63. The quantitative estimate of drug-likeness (QED) is 0.861. The first kappa shape index (κ1) is 17.2. The van der Waals surface area contributed by atoms with Gasteiger partial charge in [-0.2, -0.15) is 4.31 Å². The van der Waals surface area contributed by atoms with Gasteiger partial charge in [-0.25, -0.2) is 18.2 Å². The van der Waals surface area contributed by atoms with Gasteiger partial charge < -0.3 is 14.3 Å². The van der Waals surface area contributed by atoms with E-state index in [-0.39, 0.29) is 29.5 Å². The van der Waals surface area contributed by atoms with Gasteiger partial charge in [0.15, 0.2) is 5.89 Å². The molecule has 2 aliphatic heterocycles. The summed E-state index contributed by atoms with van der Waals surface area (Å²) in [5.74, 6) is 0.290. The molecule has 0 spiro atoms. The number of sulfonamides is 1. The molecule has 1 aromatic heterocycles. The molecule has 8 nitrogen and oxygen atoms in total. The number of aromatic carboxylic acids is 1. The maximum atomic E-state index is 12.9. The van der Waals surface area contributed by atoms with Crippen LogP contribution in [0.25, 0.3) is 0 Å². The van der Waals surface area contributed by atoms with Gasteiger partial charge >= 0.3 is 5.97 Å². The zero-order valence-electron chi connectivity index (χ0n) is 13.9. The maximum absolute atomic E-state index is 12.9. The Balaban J connectivity index is 1.59. The van der Waals surface area contributed by atoms with Crippen LogP contribution >= 0.6 is 0 Å². The van der Waals surface area contributed by atoms with Crippen molar-refractivity contribution in [2.45, 2.75) is 30.2 Å². The van der Waals surface area contributed by atoms with E-state index in [0.717, 1.165) is 12.2 Å². The van der Waals surface area contributed by atoms with Crippen LogP contribution in [0.15, 0.2) is 33.6 Å². The molecular weight excluding hydrogens is 360 g/mol. The van der Waals surface area contributed by atoms with E-state index in [2.05, 4.69) is 4.98 Å². The van der Waals surface area contributed by atoms with Crippen molar-refractivity contribution in [2.24, 2.45) is 0 Å². The molecule has 2 aromatic rings. The topological polar surface area (TPSA) is 110 Å². The van der Waals surface area contributed by atoms with E-state index in [9.17, 15) is 13.2 Å². The molecule has 0 amide bonds. The second-order valence-electron chi connectivity index (χ2n) is 6.40. The van der Waals surface area contributed by atoms with E-state index >= 15 is 0 Å². The third kappa shape index (κ3) is 3.02. The van der Waals surface area contributed by atoms with Crippen molar-refractivity contribution < 1.29 is 27.5 Å². The summed E-state index contributed by atoms with van der Waals surface area (Å²) in [5, 5.41) is 9.08. The first-order chi connectivity index (χ1) is 12.4.